The van der Waals surface area contributed by atoms with Gasteiger partial charge < -0.3 is 5.73 Å². The fourth-order valence-corrected chi connectivity index (χ4v) is 1.32. The van der Waals surface area contributed by atoms with Crippen LogP contribution in [0.5, 0.6) is 0 Å². The van der Waals surface area contributed by atoms with Gasteiger partial charge >= 0.3 is 0 Å². The van der Waals surface area contributed by atoms with Crippen LogP contribution in [0, 0.1) is 0 Å². The van der Waals surface area contributed by atoms with Gasteiger partial charge in [-0.05, 0) is 0 Å². The molecule has 0 aliphatic carbocycles. The van der Waals surface area contributed by atoms with E-state index >= 15 is 0 Å². The first-order valence-electron chi connectivity index (χ1n) is 4.18. The first-order chi connectivity index (χ1) is 5.45. The largest absolute Gasteiger partial charge is 0.326 e. The minimum Gasteiger partial charge on any atom is -0.326 e. The number of aryl methyl sites for hydroxylation is 1. The highest BCUT2D eigenvalue weighted by Gasteiger charge is 2.20. The van der Waals surface area contributed by atoms with Crippen LogP contribution in [-0.4, -0.2) is 9.78 Å². The third kappa shape index (κ3) is 1.67. The standard InChI is InChI=1S/C9H17N3/c1-9(2,3)8-7(5-10)6-12(4)11-8/h6H,5,10H2,1-4H3. The third-order valence-corrected chi connectivity index (χ3v) is 1.83. The van der Waals surface area contributed by atoms with E-state index in [1.807, 2.05) is 17.9 Å². The third-order valence-electron chi connectivity index (χ3n) is 1.83. The number of hydrogen-bond donors (Lipinski definition) is 1. The molecule has 0 spiro atoms. The maximum absolute atomic E-state index is 5.61. The lowest BCUT2D eigenvalue weighted by atomic mass is 9.90. The van der Waals surface area contributed by atoms with Crippen molar-refractivity contribution >= 4 is 0 Å². The van der Waals surface area contributed by atoms with Crippen LogP contribution < -0.4 is 5.73 Å². The molecule has 0 unspecified atom stereocenters. The average Bonchev–Trinajstić information content (AvgIpc) is 2.29. The zero-order valence-corrected chi connectivity index (χ0v) is 8.26. The maximum Gasteiger partial charge on any atom is 0.0722 e. The van der Waals surface area contributed by atoms with Crippen LogP contribution in [0.15, 0.2) is 6.20 Å². The molecule has 0 amide bonds. The Morgan fingerprint density at radius 1 is 1.50 bits per heavy atom. The smallest absolute Gasteiger partial charge is 0.0722 e. The topological polar surface area (TPSA) is 43.8 Å². The average molecular weight is 167 g/mol. The fraction of sp³-hybridized carbons (Fsp3) is 0.667. The summed E-state index contributed by atoms with van der Waals surface area (Å²) in [6.45, 7) is 7.01. The minimum absolute atomic E-state index is 0.0932. The van der Waals surface area contributed by atoms with E-state index in [9.17, 15) is 0 Å². The van der Waals surface area contributed by atoms with E-state index in [-0.39, 0.29) is 5.41 Å². The summed E-state index contributed by atoms with van der Waals surface area (Å²) in [5.41, 5.74) is 7.95. The highest BCUT2D eigenvalue weighted by atomic mass is 15.3. The van der Waals surface area contributed by atoms with Crippen LogP contribution in [0.1, 0.15) is 32.0 Å². The Morgan fingerprint density at radius 2 is 2.08 bits per heavy atom. The molecular weight excluding hydrogens is 150 g/mol. The normalized spacial score (nSPS) is 12.1. The van der Waals surface area contributed by atoms with Crippen LogP contribution in [0.25, 0.3) is 0 Å². The zero-order chi connectivity index (χ0) is 9.35. The molecule has 2 N–H and O–H groups in total. The Kier molecular flexibility index (Phi) is 2.24. The second-order valence-corrected chi connectivity index (χ2v) is 4.13. The number of aromatic nitrogens is 2. The summed E-state index contributed by atoms with van der Waals surface area (Å²) in [6.07, 6.45) is 1.99. The Morgan fingerprint density at radius 3 is 2.42 bits per heavy atom. The van der Waals surface area contributed by atoms with Crippen molar-refractivity contribution < 1.29 is 0 Å². The molecule has 0 aliphatic heterocycles. The lowest BCUT2D eigenvalue weighted by Gasteiger charge is -2.16. The molecule has 0 bridgehead atoms. The molecule has 0 aromatic carbocycles. The van der Waals surface area contributed by atoms with E-state index in [1.165, 1.54) is 0 Å². The van der Waals surface area contributed by atoms with Gasteiger partial charge in [0.05, 0.1) is 5.69 Å². The first-order valence-corrected chi connectivity index (χ1v) is 4.18. The maximum atomic E-state index is 5.61. The quantitative estimate of drug-likeness (QED) is 0.682. The van der Waals surface area contributed by atoms with Crippen LogP contribution >= 0.6 is 0 Å². The van der Waals surface area contributed by atoms with Gasteiger partial charge in [-0.25, -0.2) is 0 Å². The monoisotopic (exact) mass is 167 g/mol. The van der Waals surface area contributed by atoms with Gasteiger partial charge in [-0.15, -0.1) is 0 Å². The number of hydrogen-bond acceptors (Lipinski definition) is 2. The van der Waals surface area contributed by atoms with Gasteiger partial charge in [-0.1, -0.05) is 20.8 Å². The van der Waals surface area contributed by atoms with Crippen molar-refractivity contribution in [3.8, 4) is 0 Å². The van der Waals surface area contributed by atoms with Crippen molar-refractivity contribution in [2.45, 2.75) is 32.7 Å². The molecule has 0 aliphatic rings. The van der Waals surface area contributed by atoms with Crippen LogP contribution in [0.4, 0.5) is 0 Å². The van der Waals surface area contributed by atoms with Gasteiger partial charge in [-0.2, -0.15) is 5.10 Å². The summed E-state index contributed by atoms with van der Waals surface area (Å²) < 4.78 is 1.82. The molecule has 0 fully saturated rings. The van der Waals surface area contributed by atoms with Crippen molar-refractivity contribution in [1.82, 2.24) is 9.78 Å². The summed E-state index contributed by atoms with van der Waals surface area (Å²) in [5.74, 6) is 0. The molecule has 68 valence electrons. The Bertz CT molecular complexity index is 268. The van der Waals surface area contributed by atoms with Crippen LogP contribution in [0.2, 0.25) is 0 Å². The zero-order valence-electron chi connectivity index (χ0n) is 8.26. The second kappa shape index (κ2) is 2.90. The number of nitrogens with two attached hydrogens (primary N) is 1. The Labute approximate surface area is 73.6 Å². The highest BCUT2D eigenvalue weighted by molar-refractivity contribution is 5.23. The molecule has 1 aromatic heterocycles. The lowest BCUT2D eigenvalue weighted by molar-refractivity contribution is 0.548. The van der Waals surface area contributed by atoms with Crippen molar-refractivity contribution in [3.63, 3.8) is 0 Å². The summed E-state index contributed by atoms with van der Waals surface area (Å²) >= 11 is 0. The highest BCUT2D eigenvalue weighted by Crippen LogP contribution is 2.23. The van der Waals surface area contributed by atoms with Gasteiger partial charge in [0.2, 0.25) is 0 Å². The van der Waals surface area contributed by atoms with Crippen molar-refractivity contribution in [1.29, 1.82) is 0 Å². The Hall–Kier alpha value is -0.830. The molecule has 1 rings (SSSR count). The molecule has 0 saturated heterocycles. The summed E-state index contributed by atoms with van der Waals surface area (Å²) in [6, 6.07) is 0. The summed E-state index contributed by atoms with van der Waals surface area (Å²) in [7, 11) is 1.92. The minimum atomic E-state index is 0.0932. The molecular formula is C9H17N3. The van der Waals surface area contributed by atoms with E-state index in [2.05, 4.69) is 25.9 Å². The van der Waals surface area contributed by atoms with E-state index in [1.54, 1.807) is 0 Å². The van der Waals surface area contributed by atoms with Gasteiger partial charge in [0.25, 0.3) is 0 Å². The fourth-order valence-electron chi connectivity index (χ4n) is 1.32. The molecule has 0 radical (unpaired) electrons. The van der Waals surface area contributed by atoms with Gasteiger partial charge in [0, 0.05) is 30.8 Å². The van der Waals surface area contributed by atoms with Gasteiger partial charge in [0.15, 0.2) is 0 Å². The van der Waals surface area contributed by atoms with Crippen molar-refractivity contribution in [2.75, 3.05) is 0 Å². The van der Waals surface area contributed by atoms with Gasteiger partial charge in [0.1, 0.15) is 0 Å². The molecule has 1 heterocycles. The predicted octanol–water partition coefficient (Wildman–Crippen LogP) is 1.18. The number of nitrogens with zero attached hydrogens (tertiary/aromatic N) is 2. The van der Waals surface area contributed by atoms with Crippen molar-refractivity contribution in [2.24, 2.45) is 12.8 Å². The lowest BCUT2D eigenvalue weighted by Crippen LogP contribution is -2.16. The second-order valence-electron chi connectivity index (χ2n) is 4.13. The Balaban J connectivity index is 3.13. The van der Waals surface area contributed by atoms with E-state index in [0.29, 0.717) is 6.54 Å². The molecule has 1 aromatic rings. The van der Waals surface area contributed by atoms with Crippen molar-refractivity contribution in [3.05, 3.63) is 17.5 Å². The molecule has 12 heavy (non-hydrogen) atoms. The number of rotatable bonds is 1. The molecule has 0 atom stereocenters. The summed E-state index contributed by atoms with van der Waals surface area (Å²) in [4.78, 5) is 0. The van der Waals surface area contributed by atoms with E-state index in [4.69, 9.17) is 5.73 Å². The van der Waals surface area contributed by atoms with Crippen LogP contribution in [-0.2, 0) is 19.0 Å². The molecule has 3 heteroatoms. The predicted molar refractivity (Wildman–Crippen MR) is 49.8 cm³/mol. The van der Waals surface area contributed by atoms with E-state index < -0.39 is 0 Å². The molecule has 3 nitrogen and oxygen atoms in total. The van der Waals surface area contributed by atoms with Gasteiger partial charge in [-0.3, -0.25) is 4.68 Å². The summed E-state index contributed by atoms with van der Waals surface area (Å²) in [5, 5.41) is 4.39. The van der Waals surface area contributed by atoms with E-state index in [0.717, 1.165) is 11.3 Å². The molecule has 0 saturated carbocycles. The first kappa shape index (κ1) is 9.26. The SMILES string of the molecule is Cn1cc(CN)c(C(C)(C)C)n1. The van der Waals surface area contributed by atoms with Crippen LogP contribution in [0.3, 0.4) is 0 Å².